The molecule has 1 atom stereocenters. The first-order valence-corrected chi connectivity index (χ1v) is 5.46. The van der Waals surface area contributed by atoms with Gasteiger partial charge in [-0.25, -0.2) is 4.79 Å². The van der Waals surface area contributed by atoms with Crippen LogP contribution in [0.2, 0.25) is 0 Å². The second kappa shape index (κ2) is 6.57. The van der Waals surface area contributed by atoms with Crippen molar-refractivity contribution in [2.24, 2.45) is 0 Å². The van der Waals surface area contributed by atoms with Crippen LogP contribution in [0.4, 0.5) is 10.1 Å². The number of aliphatic hydroxyl groups excluding tert-OH is 1. The predicted octanol–water partition coefficient (Wildman–Crippen LogP) is 0.299. The lowest BCUT2D eigenvalue weighted by atomic mass is 10.2. The van der Waals surface area contributed by atoms with E-state index in [2.05, 4.69) is 5.32 Å². The fourth-order valence-corrected chi connectivity index (χ4v) is 1.34. The van der Waals surface area contributed by atoms with E-state index >= 15 is 0 Å². The van der Waals surface area contributed by atoms with Gasteiger partial charge >= 0.3 is 11.7 Å². The first kappa shape index (κ1) is 15.5. The summed E-state index contributed by atoms with van der Waals surface area (Å²) in [5.74, 6) is -3.29. The molecule has 0 aliphatic carbocycles. The summed E-state index contributed by atoms with van der Waals surface area (Å²) < 4.78 is 13.3. The van der Waals surface area contributed by atoms with Gasteiger partial charge in [0.1, 0.15) is 0 Å². The van der Waals surface area contributed by atoms with Gasteiger partial charge in [0.05, 0.1) is 4.92 Å². The van der Waals surface area contributed by atoms with Crippen molar-refractivity contribution in [3.05, 3.63) is 39.7 Å². The van der Waals surface area contributed by atoms with Crippen LogP contribution in [0.15, 0.2) is 18.2 Å². The standard InChI is InChI=1S/C11H11FN2O6/c12-7-5-6(1-2-8(7)14(19)20)10(16)13-4-3-9(15)11(17)18/h1-2,5,9,15H,3-4H2,(H,13,16)(H,17,18). The number of amides is 1. The van der Waals surface area contributed by atoms with Gasteiger partial charge in [0.15, 0.2) is 6.10 Å². The molecule has 1 aromatic rings. The molecule has 0 saturated heterocycles. The van der Waals surface area contributed by atoms with Gasteiger partial charge in [-0.2, -0.15) is 4.39 Å². The van der Waals surface area contributed by atoms with Gasteiger partial charge in [-0.05, 0) is 12.1 Å². The van der Waals surface area contributed by atoms with E-state index in [-0.39, 0.29) is 18.5 Å². The number of carboxylic acid groups (broad SMARTS) is 1. The zero-order chi connectivity index (χ0) is 15.3. The molecule has 9 heteroatoms. The highest BCUT2D eigenvalue weighted by atomic mass is 19.1. The van der Waals surface area contributed by atoms with Crippen LogP contribution in [0.3, 0.4) is 0 Å². The highest BCUT2D eigenvalue weighted by Crippen LogP contribution is 2.17. The minimum Gasteiger partial charge on any atom is -0.479 e. The van der Waals surface area contributed by atoms with Gasteiger partial charge in [-0.3, -0.25) is 14.9 Å². The Balaban J connectivity index is 2.62. The van der Waals surface area contributed by atoms with Crippen molar-refractivity contribution in [2.45, 2.75) is 12.5 Å². The topological polar surface area (TPSA) is 130 Å². The molecule has 1 unspecified atom stereocenters. The van der Waals surface area contributed by atoms with Crippen LogP contribution in [0.1, 0.15) is 16.8 Å². The van der Waals surface area contributed by atoms with Crippen molar-refractivity contribution in [1.82, 2.24) is 5.32 Å². The Hall–Kier alpha value is -2.55. The van der Waals surface area contributed by atoms with Gasteiger partial charge in [0, 0.05) is 24.6 Å². The number of aliphatic carboxylic acids is 1. The normalized spacial score (nSPS) is 11.7. The summed E-state index contributed by atoms with van der Waals surface area (Å²) in [5, 5.41) is 30.0. The summed E-state index contributed by atoms with van der Waals surface area (Å²) in [5.41, 5.74) is -0.888. The number of halogens is 1. The van der Waals surface area contributed by atoms with Crippen LogP contribution in [-0.2, 0) is 4.79 Å². The van der Waals surface area contributed by atoms with Crippen molar-refractivity contribution in [2.75, 3.05) is 6.54 Å². The molecule has 0 aromatic heterocycles. The first-order chi connectivity index (χ1) is 9.32. The van der Waals surface area contributed by atoms with E-state index in [4.69, 9.17) is 10.2 Å². The summed E-state index contributed by atoms with van der Waals surface area (Å²) in [7, 11) is 0. The molecule has 0 aliphatic heterocycles. The lowest BCUT2D eigenvalue weighted by Gasteiger charge is -2.07. The number of hydrogen-bond donors (Lipinski definition) is 3. The second-order valence-electron chi connectivity index (χ2n) is 3.82. The van der Waals surface area contributed by atoms with E-state index in [1.165, 1.54) is 0 Å². The lowest BCUT2D eigenvalue weighted by molar-refractivity contribution is -0.387. The van der Waals surface area contributed by atoms with Crippen molar-refractivity contribution in [3.63, 3.8) is 0 Å². The van der Waals surface area contributed by atoms with Crippen LogP contribution >= 0.6 is 0 Å². The highest BCUT2D eigenvalue weighted by molar-refractivity contribution is 5.94. The molecule has 0 radical (unpaired) electrons. The van der Waals surface area contributed by atoms with E-state index in [9.17, 15) is 24.1 Å². The van der Waals surface area contributed by atoms with E-state index < -0.39 is 34.4 Å². The van der Waals surface area contributed by atoms with Crippen LogP contribution < -0.4 is 5.32 Å². The largest absolute Gasteiger partial charge is 0.479 e. The number of carboxylic acids is 1. The number of hydrogen-bond acceptors (Lipinski definition) is 5. The Morgan fingerprint density at radius 3 is 2.60 bits per heavy atom. The van der Waals surface area contributed by atoms with Crippen LogP contribution in [0, 0.1) is 15.9 Å². The average molecular weight is 286 g/mol. The number of carbonyl (C=O) groups is 2. The smallest absolute Gasteiger partial charge is 0.332 e. The maximum atomic E-state index is 13.3. The minimum atomic E-state index is -1.61. The molecule has 0 saturated carbocycles. The molecule has 0 heterocycles. The molecule has 1 aromatic carbocycles. The summed E-state index contributed by atoms with van der Waals surface area (Å²) in [4.78, 5) is 31.3. The van der Waals surface area contributed by atoms with Crippen molar-refractivity contribution < 1.29 is 29.1 Å². The quantitative estimate of drug-likeness (QED) is 0.509. The van der Waals surface area contributed by atoms with Crippen LogP contribution in [0.5, 0.6) is 0 Å². The minimum absolute atomic E-state index is 0.134. The van der Waals surface area contributed by atoms with Gasteiger partial charge in [0.2, 0.25) is 5.82 Å². The zero-order valence-corrected chi connectivity index (χ0v) is 10.1. The average Bonchev–Trinajstić information content (AvgIpc) is 2.37. The fraction of sp³-hybridized carbons (Fsp3) is 0.273. The van der Waals surface area contributed by atoms with Gasteiger partial charge < -0.3 is 15.5 Å². The molecule has 0 aliphatic rings. The number of nitrogens with one attached hydrogen (secondary N) is 1. The SMILES string of the molecule is O=C(NCCC(O)C(=O)O)c1ccc([N+](=O)[O-])c(F)c1. The van der Waals surface area contributed by atoms with E-state index in [1.54, 1.807) is 0 Å². The van der Waals surface area contributed by atoms with Crippen molar-refractivity contribution >= 4 is 17.6 Å². The Labute approximate surface area is 112 Å². The van der Waals surface area contributed by atoms with Crippen LogP contribution in [-0.4, -0.2) is 39.7 Å². The predicted molar refractivity (Wildman–Crippen MR) is 63.6 cm³/mol. The molecule has 0 bridgehead atoms. The molecule has 8 nitrogen and oxygen atoms in total. The molecule has 20 heavy (non-hydrogen) atoms. The highest BCUT2D eigenvalue weighted by Gasteiger charge is 2.17. The third-order valence-corrected chi connectivity index (χ3v) is 2.39. The lowest BCUT2D eigenvalue weighted by Crippen LogP contribution is -2.30. The fourth-order valence-electron chi connectivity index (χ4n) is 1.34. The maximum absolute atomic E-state index is 13.3. The number of nitro benzene ring substituents is 1. The Bertz CT molecular complexity index is 548. The summed E-state index contributed by atoms with van der Waals surface area (Å²) in [6, 6.07) is 2.64. The molecular weight excluding hydrogens is 275 g/mol. The third-order valence-electron chi connectivity index (χ3n) is 2.39. The summed E-state index contributed by atoms with van der Waals surface area (Å²) >= 11 is 0. The Morgan fingerprint density at radius 1 is 1.45 bits per heavy atom. The summed E-state index contributed by atoms with van der Waals surface area (Å²) in [6.07, 6.45) is -1.82. The zero-order valence-electron chi connectivity index (χ0n) is 10.1. The van der Waals surface area contributed by atoms with E-state index in [0.29, 0.717) is 6.07 Å². The first-order valence-electron chi connectivity index (χ1n) is 5.46. The molecule has 3 N–H and O–H groups in total. The Kier molecular flexibility index (Phi) is 5.09. The van der Waals surface area contributed by atoms with Crippen LogP contribution in [0.25, 0.3) is 0 Å². The third kappa shape index (κ3) is 3.99. The number of nitro groups is 1. The maximum Gasteiger partial charge on any atom is 0.332 e. The molecular formula is C11H11FN2O6. The van der Waals surface area contributed by atoms with Gasteiger partial charge in [-0.15, -0.1) is 0 Å². The van der Waals surface area contributed by atoms with Gasteiger partial charge in [-0.1, -0.05) is 0 Å². The van der Waals surface area contributed by atoms with Gasteiger partial charge in [0.25, 0.3) is 5.91 Å². The molecule has 1 rings (SSSR count). The molecule has 0 fully saturated rings. The Morgan fingerprint density at radius 2 is 2.10 bits per heavy atom. The van der Waals surface area contributed by atoms with Crippen molar-refractivity contribution in [3.8, 4) is 0 Å². The van der Waals surface area contributed by atoms with E-state index in [1.807, 2.05) is 0 Å². The molecule has 1 amide bonds. The molecule has 0 spiro atoms. The number of aliphatic hydroxyl groups is 1. The number of benzene rings is 1. The molecule has 108 valence electrons. The number of rotatable bonds is 6. The number of nitrogens with zero attached hydrogens (tertiary/aromatic N) is 1. The number of carbonyl (C=O) groups excluding carboxylic acids is 1. The second-order valence-corrected chi connectivity index (χ2v) is 3.82. The monoisotopic (exact) mass is 286 g/mol. The summed E-state index contributed by atoms with van der Waals surface area (Å²) in [6.45, 7) is -0.134. The van der Waals surface area contributed by atoms with E-state index in [0.717, 1.165) is 12.1 Å². The van der Waals surface area contributed by atoms with Crippen molar-refractivity contribution in [1.29, 1.82) is 0 Å².